The third kappa shape index (κ3) is 12.0. The number of nitrogens with zero attached hydrogens (tertiary/aromatic N) is 2. The van der Waals surface area contributed by atoms with Gasteiger partial charge in [-0.15, -0.1) is 26.3 Å². The standard InChI is InChI=1S/2C21H17F3N2O4/c1-2-29-14-7-3-6-13(12-14)15-8-4-10-17(30-21(22,23)24)18(15)26-19-16(20(27)28)9-5-11-25-19;1-2-29-15-6-3-5-13(11-15)14-8-9-17(18(12-14)30-21(22,23)24)26-19-16(20(27)28)7-4-10-25-19/h2*3-12H,2H2,1H3,(H,25,26)(H,27,28). The minimum absolute atomic E-state index is 0.0790. The smallest absolute Gasteiger partial charge is 0.494 e. The Balaban J connectivity index is 0.000000228. The van der Waals surface area contributed by atoms with Gasteiger partial charge >= 0.3 is 24.7 Å². The highest BCUT2D eigenvalue weighted by molar-refractivity contribution is 5.96. The molecule has 0 saturated carbocycles. The quantitative estimate of drug-likeness (QED) is 0.0770. The number of hydrogen-bond acceptors (Lipinski definition) is 10. The number of halogens is 6. The first-order valence-electron chi connectivity index (χ1n) is 17.7. The topological polar surface area (TPSA) is 161 Å². The van der Waals surface area contributed by atoms with E-state index in [0.717, 1.165) is 6.07 Å². The van der Waals surface area contributed by atoms with Crippen LogP contribution in [0.15, 0.2) is 122 Å². The third-order valence-corrected chi connectivity index (χ3v) is 7.97. The zero-order valence-electron chi connectivity index (χ0n) is 31.5. The predicted octanol–water partition coefficient (Wildman–Crippen LogP) is 11.0. The number of benzene rings is 4. The van der Waals surface area contributed by atoms with Crippen molar-refractivity contribution < 1.29 is 65.1 Å². The van der Waals surface area contributed by atoms with Crippen molar-refractivity contribution in [2.75, 3.05) is 23.8 Å². The van der Waals surface area contributed by atoms with Crippen molar-refractivity contribution in [2.45, 2.75) is 26.6 Å². The lowest BCUT2D eigenvalue weighted by molar-refractivity contribution is -0.275. The molecule has 2 aromatic heterocycles. The number of aromatic nitrogens is 2. The Morgan fingerprint density at radius 1 is 0.583 bits per heavy atom. The zero-order chi connectivity index (χ0) is 43.5. The minimum atomic E-state index is -4.94. The van der Waals surface area contributed by atoms with Crippen LogP contribution in [0.3, 0.4) is 0 Å². The number of carboxylic acid groups (broad SMARTS) is 2. The first kappa shape index (κ1) is 43.6. The molecule has 18 heteroatoms. The number of para-hydroxylation sites is 1. The lowest BCUT2D eigenvalue weighted by Crippen LogP contribution is -2.18. The normalized spacial score (nSPS) is 11.1. The number of aromatic carboxylic acids is 2. The van der Waals surface area contributed by atoms with Gasteiger partial charge in [0.25, 0.3) is 0 Å². The summed E-state index contributed by atoms with van der Waals surface area (Å²) in [6, 6.07) is 27.4. The summed E-state index contributed by atoms with van der Waals surface area (Å²) in [7, 11) is 0. The Hall–Kier alpha value is -7.50. The van der Waals surface area contributed by atoms with Crippen LogP contribution < -0.4 is 29.6 Å². The lowest BCUT2D eigenvalue weighted by Gasteiger charge is -2.19. The molecule has 0 fully saturated rings. The van der Waals surface area contributed by atoms with Crippen molar-refractivity contribution in [2.24, 2.45) is 0 Å². The first-order valence-corrected chi connectivity index (χ1v) is 17.7. The second-order valence-electron chi connectivity index (χ2n) is 12.1. The van der Waals surface area contributed by atoms with Crippen LogP contribution in [-0.4, -0.2) is 58.1 Å². The number of ether oxygens (including phenoxy) is 4. The van der Waals surface area contributed by atoms with Crippen LogP contribution in [0.25, 0.3) is 22.3 Å². The zero-order valence-corrected chi connectivity index (χ0v) is 31.5. The molecule has 0 aliphatic carbocycles. The maximum Gasteiger partial charge on any atom is 0.573 e. The molecular formula is C42H34F6N4O8. The van der Waals surface area contributed by atoms with Crippen LogP contribution in [0, 0.1) is 0 Å². The van der Waals surface area contributed by atoms with Crippen molar-refractivity contribution >= 4 is 34.9 Å². The summed E-state index contributed by atoms with van der Waals surface area (Å²) in [5.41, 5.74) is 1.42. The molecular weight excluding hydrogens is 802 g/mol. The van der Waals surface area contributed by atoms with Crippen molar-refractivity contribution in [3.8, 4) is 45.3 Å². The SMILES string of the molecule is CCOc1cccc(-c2ccc(Nc3ncccc3C(=O)O)c(OC(F)(F)F)c2)c1.CCOc1cccc(-c2cccc(OC(F)(F)F)c2Nc2ncccc2C(=O)O)c1. The molecule has 312 valence electrons. The highest BCUT2D eigenvalue weighted by atomic mass is 19.4. The Morgan fingerprint density at radius 2 is 1.08 bits per heavy atom. The molecule has 2 heterocycles. The summed E-state index contributed by atoms with van der Waals surface area (Å²) in [6.07, 6.45) is -7.23. The van der Waals surface area contributed by atoms with Gasteiger partial charge in [-0.05, 0) is 97.3 Å². The minimum Gasteiger partial charge on any atom is -0.494 e. The summed E-state index contributed by atoms with van der Waals surface area (Å²) in [5.74, 6) is -2.71. The van der Waals surface area contributed by atoms with Crippen molar-refractivity contribution in [1.82, 2.24) is 9.97 Å². The average molecular weight is 837 g/mol. The number of carboxylic acids is 2. The molecule has 6 rings (SSSR count). The molecule has 0 unspecified atom stereocenters. The van der Waals surface area contributed by atoms with Gasteiger partial charge in [0, 0.05) is 18.0 Å². The van der Waals surface area contributed by atoms with E-state index < -0.39 is 36.2 Å². The molecule has 12 nitrogen and oxygen atoms in total. The van der Waals surface area contributed by atoms with Gasteiger partial charge in [-0.3, -0.25) is 0 Å². The van der Waals surface area contributed by atoms with E-state index in [4.69, 9.17) is 9.47 Å². The van der Waals surface area contributed by atoms with E-state index in [1.54, 1.807) is 60.7 Å². The van der Waals surface area contributed by atoms with E-state index in [-0.39, 0.29) is 34.1 Å². The summed E-state index contributed by atoms with van der Waals surface area (Å²) in [5, 5.41) is 24.0. The number of alkyl halides is 6. The van der Waals surface area contributed by atoms with Gasteiger partial charge in [-0.2, -0.15) is 0 Å². The fourth-order valence-electron chi connectivity index (χ4n) is 5.58. The maximum absolute atomic E-state index is 13.0. The van der Waals surface area contributed by atoms with E-state index in [9.17, 15) is 46.1 Å². The number of anilines is 4. The van der Waals surface area contributed by atoms with E-state index >= 15 is 0 Å². The predicted molar refractivity (Wildman–Crippen MR) is 208 cm³/mol. The Morgan fingerprint density at radius 3 is 1.63 bits per heavy atom. The first-order chi connectivity index (χ1) is 28.5. The Bertz CT molecular complexity index is 2430. The monoisotopic (exact) mass is 836 g/mol. The van der Waals surface area contributed by atoms with E-state index in [2.05, 4.69) is 30.1 Å². The molecule has 4 N–H and O–H groups in total. The van der Waals surface area contributed by atoms with Crippen LogP contribution in [0.2, 0.25) is 0 Å². The Kier molecular flexibility index (Phi) is 14.0. The van der Waals surface area contributed by atoms with E-state index in [1.165, 1.54) is 54.9 Å². The molecule has 0 atom stereocenters. The molecule has 0 spiro atoms. The molecule has 0 aliphatic heterocycles. The number of carbonyl (C=O) groups is 2. The molecule has 4 aromatic carbocycles. The van der Waals surface area contributed by atoms with E-state index in [0.29, 0.717) is 47.0 Å². The van der Waals surface area contributed by atoms with Gasteiger partial charge < -0.3 is 39.8 Å². The largest absolute Gasteiger partial charge is 0.573 e. The number of pyridine rings is 2. The van der Waals surface area contributed by atoms with Crippen LogP contribution in [0.5, 0.6) is 23.0 Å². The molecule has 6 aromatic rings. The van der Waals surface area contributed by atoms with Gasteiger partial charge in [0.05, 0.1) is 24.6 Å². The summed E-state index contributed by atoms with van der Waals surface area (Å²) >= 11 is 0. The maximum atomic E-state index is 13.0. The molecule has 0 radical (unpaired) electrons. The van der Waals surface area contributed by atoms with Gasteiger partial charge in [0.1, 0.15) is 34.3 Å². The highest BCUT2D eigenvalue weighted by Crippen LogP contribution is 2.41. The molecule has 0 amide bonds. The summed E-state index contributed by atoms with van der Waals surface area (Å²) in [4.78, 5) is 30.7. The number of rotatable bonds is 14. The molecule has 0 saturated heterocycles. The van der Waals surface area contributed by atoms with Crippen LogP contribution in [0.1, 0.15) is 34.6 Å². The van der Waals surface area contributed by atoms with Gasteiger partial charge in [-0.1, -0.05) is 42.5 Å². The number of nitrogens with one attached hydrogen (secondary N) is 2. The third-order valence-electron chi connectivity index (χ3n) is 7.97. The lowest BCUT2D eigenvalue weighted by atomic mass is 10.0. The second kappa shape index (κ2) is 19.3. The second-order valence-corrected chi connectivity index (χ2v) is 12.1. The van der Waals surface area contributed by atoms with Crippen molar-refractivity contribution in [3.63, 3.8) is 0 Å². The molecule has 60 heavy (non-hydrogen) atoms. The average Bonchev–Trinajstić information content (AvgIpc) is 3.19. The van der Waals surface area contributed by atoms with Crippen LogP contribution in [0.4, 0.5) is 49.4 Å². The van der Waals surface area contributed by atoms with E-state index in [1.807, 2.05) is 13.8 Å². The summed E-state index contributed by atoms with van der Waals surface area (Å²) < 4.78 is 97.2. The van der Waals surface area contributed by atoms with Crippen LogP contribution >= 0.6 is 0 Å². The van der Waals surface area contributed by atoms with Gasteiger partial charge in [0.2, 0.25) is 0 Å². The molecule has 0 aliphatic rings. The van der Waals surface area contributed by atoms with Gasteiger partial charge in [-0.25, -0.2) is 19.6 Å². The summed E-state index contributed by atoms with van der Waals surface area (Å²) in [6.45, 7) is 4.50. The highest BCUT2D eigenvalue weighted by Gasteiger charge is 2.34. The fourth-order valence-corrected chi connectivity index (χ4v) is 5.58. The van der Waals surface area contributed by atoms with Crippen molar-refractivity contribution in [3.05, 3.63) is 133 Å². The fraction of sp³-hybridized carbons (Fsp3) is 0.143. The molecule has 0 bridgehead atoms. The number of hydrogen-bond donors (Lipinski definition) is 4. The van der Waals surface area contributed by atoms with Crippen molar-refractivity contribution in [1.29, 1.82) is 0 Å². The van der Waals surface area contributed by atoms with Crippen LogP contribution in [-0.2, 0) is 0 Å². The Labute approximate surface area is 338 Å². The van der Waals surface area contributed by atoms with Gasteiger partial charge in [0.15, 0.2) is 11.5 Å².